The summed E-state index contributed by atoms with van der Waals surface area (Å²) in [7, 11) is 1.59. The molecule has 0 aliphatic heterocycles. The van der Waals surface area contributed by atoms with Crippen molar-refractivity contribution in [3.8, 4) is 17.0 Å². The van der Waals surface area contributed by atoms with Gasteiger partial charge in [-0.3, -0.25) is 0 Å². The van der Waals surface area contributed by atoms with Crippen molar-refractivity contribution in [1.82, 2.24) is 15.2 Å². The Labute approximate surface area is 108 Å². The van der Waals surface area contributed by atoms with E-state index in [1.807, 2.05) is 36.4 Å². The summed E-state index contributed by atoms with van der Waals surface area (Å²) in [5.41, 5.74) is 0.795. The van der Waals surface area contributed by atoms with Crippen LogP contribution >= 0.6 is 0 Å². The monoisotopic (exact) mass is 253 g/mol. The lowest BCUT2D eigenvalue weighted by atomic mass is 10.0. The predicted octanol–water partition coefficient (Wildman–Crippen LogP) is 1.99. The lowest BCUT2D eigenvalue weighted by Gasteiger charge is -2.10. The number of hydrogen-bond acceptors (Lipinski definition) is 4. The summed E-state index contributed by atoms with van der Waals surface area (Å²) in [5.74, 6) is 0.665. The van der Waals surface area contributed by atoms with Gasteiger partial charge in [-0.15, -0.1) is 0 Å². The van der Waals surface area contributed by atoms with Crippen LogP contribution in [0.5, 0.6) is 5.75 Å². The van der Waals surface area contributed by atoms with Crippen molar-refractivity contribution in [2.75, 3.05) is 7.11 Å². The number of aromatic nitrogens is 3. The Morgan fingerprint density at radius 2 is 2.00 bits per heavy atom. The maximum Gasteiger partial charge on any atom is 0.361 e. The topological polar surface area (TPSA) is 67.9 Å². The van der Waals surface area contributed by atoms with Crippen LogP contribution in [0.3, 0.4) is 0 Å². The zero-order valence-electron chi connectivity index (χ0n) is 10.3. The van der Waals surface area contributed by atoms with E-state index in [-0.39, 0.29) is 0 Å². The van der Waals surface area contributed by atoms with Gasteiger partial charge in [-0.2, -0.15) is 10.1 Å². The molecule has 1 N–H and O–H groups in total. The summed E-state index contributed by atoms with van der Waals surface area (Å²) in [6.45, 7) is 0. The number of H-pyrrole nitrogens is 1. The van der Waals surface area contributed by atoms with Gasteiger partial charge >= 0.3 is 5.69 Å². The van der Waals surface area contributed by atoms with Gasteiger partial charge in [0.2, 0.25) is 0 Å². The van der Waals surface area contributed by atoms with Crippen LogP contribution in [-0.4, -0.2) is 22.3 Å². The van der Waals surface area contributed by atoms with Gasteiger partial charge < -0.3 is 4.74 Å². The van der Waals surface area contributed by atoms with Crippen LogP contribution in [0.15, 0.2) is 47.4 Å². The van der Waals surface area contributed by atoms with Crippen LogP contribution in [-0.2, 0) is 0 Å². The summed E-state index contributed by atoms with van der Waals surface area (Å²) >= 11 is 0. The minimum Gasteiger partial charge on any atom is -0.496 e. The molecule has 19 heavy (non-hydrogen) atoms. The number of methoxy groups -OCH3 is 1. The summed E-state index contributed by atoms with van der Waals surface area (Å²) in [6.07, 6.45) is 1.52. The lowest BCUT2D eigenvalue weighted by molar-refractivity contribution is 0.417. The van der Waals surface area contributed by atoms with E-state index in [0.29, 0.717) is 11.4 Å². The van der Waals surface area contributed by atoms with Gasteiger partial charge in [0.15, 0.2) is 0 Å². The molecule has 1 aromatic heterocycles. The Balaban J connectivity index is 2.40. The summed E-state index contributed by atoms with van der Waals surface area (Å²) in [4.78, 5) is 15.3. The van der Waals surface area contributed by atoms with Crippen LogP contribution in [0, 0.1) is 0 Å². The molecule has 0 spiro atoms. The summed E-state index contributed by atoms with van der Waals surface area (Å²) in [6, 6.07) is 11.7. The van der Waals surface area contributed by atoms with Crippen LogP contribution < -0.4 is 10.4 Å². The average molecular weight is 253 g/mol. The quantitative estimate of drug-likeness (QED) is 0.758. The second-order valence-corrected chi connectivity index (χ2v) is 4.04. The van der Waals surface area contributed by atoms with Gasteiger partial charge in [-0.05, 0) is 16.8 Å². The molecule has 1 heterocycles. The van der Waals surface area contributed by atoms with E-state index in [2.05, 4.69) is 15.2 Å². The highest BCUT2D eigenvalue weighted by Gasteiger charge is 2.12. The van der Waals surface area contributed by atoms with E-state index in [4.69, 9.17) is 4.74 Å². The molecule has 0 fully saturated rings. The first-order valence-corrected chi connectivity index (χ1v) is 5.77. The highest BCUT2D eigenvalue weighted by molar-refractivity contribution is 5.98. The van der Waals surface area contributed by atoms with Gasteiger partial charge in [0.1, 0.15) is 11.4 Å². The molecule has 0 bridgehead atoms. The fourth-order valence-electron chi connectivity index (χ4n) is 2.12. The van der Waals surface area contributed by atoms with Gasteiger partial charge in [0.25, 0.3) is 0 Å². The number of fused-ring (bicyclic) bond motifs is 1. The molecule has 0 aliphatic carbocycles. The third-order valence-corrected chi connectivity index (χ3v) is 2.94. The van der Waals surface area contributed by atoms with Crippen molar-refractivity contribution in [1.29, 1.82) is 0 Å². The molecule has 0 saturated heterocycles. The number of aromatic amines is 1. The smallest absolute Gasteiger partial charge is 0.361 e. The van der Waals surface area contributed by atoms with Crippen molar-refractivity contribution >= 4 is 10.8 Å². The molecule has 0 saturated carbocycles. The normalized spacial score (nSPS) is 10.6. The molecule has 0 radical (unpaired) electrons. The molecule has 5 heteroatoms. The standard InChI is InChI=1S/C14H11N3O2/c1-19-12-7-6-9-4-2-3-5-10(9)13(12)11-8-15-17-14(18)16-11/h2-8H,1H3,(H,16,17,18). The predicted molar refractivity (Wildman–Crippen MR) is 72.1 cm³/mol. The first-order valence-electron chi connectivity index (χ1n) is 5.77. The Morgan fingerprint density at radius 3 is 2.79 bits per heavy atom. The molecule has 2 aromatic carbocycles. The van der Waals surface area contributed by atoms with Crippen LogP contribution in [0.25, 0.3) is 22.0 Å². The van der Waals surface area contributed by atoms with Crippen molar-refractivity contribution in [2.24, 2.45) is 0 Å². The van der Waals surface area contributed by atoms with E-state index in [1.165, 1.54) is 6.20 Å². The van der Waals surface area contributed by atoms with Gasteiger partial charge in [-0.1, -0.05) is 30.3 Å². The fourth-order valence-corrected chi connectivity index (χ4v) is 2.12. The number of rotatable bonds is 2. The number of hydrogen-bond donors (Lipinski definition) is 1. The van der Waals surface area contributed by atoms with Gasteiger partial charge in [0, 0.05) is 0 Å². The SMILES string of the molecule is COc1ccc2ccccc2c1-c1cn[nH]c(=O)n1. The minimum atomic E-state index is -0.479. The van der Waals surface area contributed by atoms with Crippen molar-refractivity contribution in [2.45, 2.75) is 0 Å². The molecule has 0 aliphatic rings. The maximum absolute atomic E-state index is 11.3. The van der Waals surface area contributed by atoms with Crippen LogP contribution in [0.2, 0.25) is 0 Å². The minimum absolute atomic E-state index is 0.479. The Kier molecular flexibility index (Phi) is 2.72. The highest BCUT2D eigenvalue weighted by atomic mass is 16.5. The second kappa shape index (κ2) is 4.53. The molecule has 94 valence electrons. The zero-order chi connectivity index (χ0) is 13.2. The van der Waals surface area contributed by atoms with Crippen LogP contribution in [0.4, 0.5) is 0 Å². The molecule has 5 nitrogen and oxygen atoms in total. The van der Waals surface area contributed by atoms with E-state index in [9.17, 15) is 4.79 Å². The maximum atomic E-state index is 11.3. The van der Waals surface area contributed by atoms with E-state index in [1.54, 1.807) is 7.11 Å². The van der Waals surface area contributed by atoms with Gasteiger partial charge in [0.05, 0.1) is 18.9 Å². The van der Waals surface area contributed by atoms with Crippen molar-refractivity contribution < 1.29 is 4.74 Å². The summed E-state index contributed by atoms with van der Waals surface area (Å²) in [5, 5.41) is 8.09. The molecule has 0 unspecified atom stereocenters. The number of nitrogens with zero attached hydrogens (tertiary/aromatic N) is 2. The average Bonchev–Trinajstić information content (AvgIpc) is 2.46. The van der Waals surface area contributed by atoms with E-state index >= 15 is 0 Å². The third kappa shape index (κ3) is 1.95. The largest absolute Gasteiger partial charge is 0.496 e. The summed E-state index contributed by atoms with van der Waals surface area (Å²) < 4.78 is 5.37. The zero-order valence-corrected chi connectivity index (χ0v) is 10.3. The Bertz CT molecular complexity index is 796. The number of benzene rings is 2. The highest BCUT2D eigenvalue weighted by Crippen LogP contribution is 2.35. The molecule has 3 rings (SSSR count). The lowest BCUT2D eigenvalue weighted by Crippen LogP contribution is -2.12. The van der Waals surface area contributed by atoms with Crippen molar-refractivity contribution in [3.63, 3.8) is 0 Å². The first-order chi connectivity index (χ1) is 9.29. The third-order valence-electron chi connectivity index (χ3n) is 2.94. The molecule has 0 atom stereocenters. The molecular formula is C14H11N3O2. The number of ether oxygens (including phenoxy) is 1. The second-order valence-electron chi connectivity index (χ2n) is 4.04. The Morgan fingerprint density at radius 1 is 1.16 bits per heavy atom. The Hall–Kier alpha value is -2.69. The molecule has 3 aromatic rings. The van der Waals surface area contributed by atoms with Gasteiger partial charge in [-0.25, -0.2) is 9.89 Å². The van der Waals surface area contributed by atoms with E-state index in [0.717, 1.165) is 16.3 Å². The fraction of sp³-hybridized carbons (Fsp3) is 0.0714. The van der Waals surface area contributed by atoms with Crippen molar-refractivity contribution in [3.05, 3.63) is 53.1 Å². The van der Waals surface area contributed by atoms with E-state index < -0.39 is 5.69 Å². The van der Waals surface area contributed by atoms with Crippen LogP contribution in [0.1, 0.15) is 0 Å². The molecular weight excluding hydrogens is 242 g/mol. The first kappa shape index (κ1) is 11.4. The molecule has 0 amide bonds. The number of nitrogens with one attached hydrogen (secondary N) is 1.